The van der Waals surface area contributed by atoms with Crippen LogP contribution in [-0.2, 0) is 21.5 Å². The Balaban J connectivity index is 1.62. The predicted octanol–water partition coefficient (Wildman–Crippen LogP) is 3.06. The van der Waals surface area contributed by atoms with E-state index < -0.39 is 22.2 Å². The van der Waals surface area contributed by atoms with Crippen LogP contribution in [0.25, 0.3) is 21.8 Å². The van der Waals surface area contributed by atoms with E-state index in [-0.39, 0.29) is 25.7 Å². The summed E-state index contributed by atoms with van der Waals surface area (Å²) in [7, 11) is -1.00. The number of fused-ring (bicyclic) bond motifs is 3. The molecule has 1 fully saturated rings. The number of piperazine rings is 1. The first-order valence-electron chi connectivity index (χ1n) is 12.7. The van der Waals surface area contributed by atoms with Crippen molar-refractivity contribution in [2.75, 3.05) is 45.6 Å². The number of carbonyl (C=O) groups is 2. The SMILES string of the molecule is CCCCNC(=O)N1CCN(S(=O)(=O)N(C)C)C(C(=O)Nc2ccc3c(c2)c2ccccc2n3CC)C1. The third-order valence-electron chi connectivity index (χ3n) is 6.84. The normalized spacial score (nSPS) is 17.0. The molecule has 2 heterocycles. The zero-order chi connectivity index (χ0) is 26.7. The minimum absolute atomic E-state index is 0.0306. The van der Waals surface area contributed by atoms with Crippen LogP contribution in [0.2, 0.25) is 0 Å². The van der Waals surface area contributed by atoms with Crippen LogP contribution in [0.4, 0.5) is 10.5 Å². The molecule has 1 aromatic heterocycles. The molecule has 1 saturated heterocycles. The second-order valence-electron chi connectivity index (χ2n) is 9.43. The van der Waals surface area contributed by atoms with Gasteiger partial charge in [0.25, 0.3) is 10.2 Å². The lowest BCUT2D eigenvalue weighted by atomic mass is 10.1. The summed E-state index contributed by atoms with van der Waals surface area (Å²) in [6.45, 7) is 5.68. The van der Waals surface area contributed by atoms with Crippen molar-refractivity contribution in [1.82, 2.24) is 23.4 Å². The van der Waals surface area contributed by atoms with Crippen molar-refractivity contribution in [3.05, 3.63) is 42.5 Å². The van der Waals surface area contributed by atoms with E-state index in [4.69, 9.17) is 0 Å². The number of anilines is 1. The highest BCUT2D eigenvalue weighted by atomic mass is 32.2. The van der Waals surface area contributed by atoms with E-state index >= 15 is 0 Å². The molecule has 1 aliphatic heterocycles. The Hall–Kier alpha value is -3.15. The first kappa shape index (κ1) is 26.9. The number of urea groups is 1. The highest BCUT2D eigenvalue weighted by molar-refractivity contribution is 7.86. The molecule has 200 valence electrons. The van der Waals surface area contributed by atoms with E-state index in [9.17, 15) is 18.0 Å². The fraction of sp³-hybridized carbons (Fsp3) is 0.462. The number of carbonyl (C=O) groups excluding carboxylic acids is 2. The Labute approximate surface area is 218 Å². The van der Waals surface area contributed by atoms with Crippen LogP contribution in [0, 0.1) is 0 Å². The Kier molecular flexibility index (Phi) is 8.05. The topological polar surface area (TPSA) is 107 Å². The predicted molar refractivity (Wildman–Crippen MR) is 147 cm³/mol. The molecule has 1 aliphatic rings. The summed E-state index contributed by atoms with van der Waals surface area (Å²) in [5.41, 5.74) is 2.75. The van der Waals surface area contributed by atoms with Gasteiger partial charge in [0.05, 0.1) is 0 Å². The third kappa shape index (κ3) is 5.29. The maximum Gasteiger partial charge on any atom is 0.317 e. The summed E-state index contributed by atoms with van der Waals surface area (Å²) in [6, 6.07) is 12.5. The van der Waals surface area contributed by atoms with Crippen LogP contribution in [-0.4, -0.2) is 84.7 Å². The van der Waals surface area contributed by atoms with E-state index in [1.54, 1.807) is 0 Å². The van der Waals surface area contributed by atoms with Gasteiger partial charge >= 0.3 is 6.03 Å². The molecule has 2 N–H and O–H groups in total. The Morgan fingerprint density at radius 2 is 1.76 bits per heavy atom. The number of benzene rings is 2. The van der Waals surface area contributed by atoms with Crippen LogP contribution in [0.5, 0.6) is 0 Å². The minimum atomic E-state index is -3.88. The second-order valence-corrected chi connectivity index (χ2v) is 11.5. The van der Waals surface area contributed by atoms with E-state index in [0.717, 1.165) is 45.5 Å². The molecule has 1 atom stereocenters. The van der Waals surface area contributed by atoms with Crippen molar-refractivity contribution in [2.45, 2.75) is 39.3 Å². The number of hydrogen-bond acceptors (Lipinski definition) is 4. The van der Waals surface area contributed by atoms with Crippen LogP contribution in [0.15, 0.2) is 42.5 Å². The lowest BCUT2D eigenvalue weighted by Crippen LogP contribution is -2.63. The molecule has 0 aliphatic carbocycles. The van der Waals surface area contributed by atoms with Gasteiger partial charge in [-0.3, -0.25) is 4.79 Å². The van der Waals surface area contributed by atoms with Gasteiger partial charge in [0, 0.05) is 74.3 Å². The molecule has 2 aromatic carbocycles. The van der Waals surface area contributed by atoms with Gasteiger partial charge in [-0.15, -0.1) is 0 Å². The van der Waals surface area contributed by atoms with Gasteiger partial charge in [-0.2, -0.15) is 17.0 Å². The maximum absolute atomic E-state index is 13.5. The average Bonchev–Trinajstić information content (AvgIpc) is 3.21. The van der Waals surface area contributed by atoms with E-state index in [1.165, 1.54) is 23.3 Å². The molecule has 3 aromatic rings. The van der Waals surface area contributed by atoms with Crippen molar-refractivity contribution < 1.29 is 18.0 Å². The molecule has 0 radical (unpaired) electrons. The summed E-state index contributed by atoms with van der Waals surface area (Å²) in [5.74, 6) is -0.477. The van der Waals surface area contributed by atoms with Gasteiger partial charge in [0.2, 0.25) is 5.91 Å². The number of nitrogens with one attached hydrogen (secondary N) is 2. The molecule has 1 unspecified atom stereocenters. The zero-order valence-electron chi connectivity index (χ0n) is 21.9. The largest absolute Gasteiger partial charge is 0.341 e. The van der Waals surface area contributed by atoms with Crippen LogP contribution < -0.4 is 10.6 Å². The monoisotopic (exact) mass is 528 g/mol. The van der Waals surface area contributed by atoms with Crippen LogP contribution in [0.3, 0.4) is 0 Å². The van der Waals surface area contributed by atoms with E-state index in [2.05, 4.69) is 34.3 Å². The third-order valence-corrected chi connectivity index (χ3v) is 8.79. The van der Waals surface area contributed by atoms with Crippen molar-refractivity contribution in [3.63, 3.8) is 0 Å². The summed E-state index contributed by atoms with van der Waals surface area (Å²) >= 11 is 0. The van der Waals surface area contributed by atoms with Crippen molar-refractivity contribution >= 4 is 49.6 Å². The lowest BCUT2D eigenvalue weighted by Gasteiger charge is -2.40. The molecule has 4 rings (SSSR count). The Bertz CT molecular complexity index is 1400. The summed E-state index contributed by atoms with van der Waals surface area (Å²) < 4.78 is 30.6. The molecule has 10 nitrogen and oxygen atoms in total. The van der Waals surface area contributed by atoms with Gasteiger partial charge in [-0.1, -0.05) is 31.5 Å². The maximum atomic E-state index is 13.5. The Morgan fingerprint density at radius 1 is 1.03 bits per heavy atom. The molecule has 3 amide bonds. The zero-order valence-corrected chi connectivity index (χ0v) is 22.7. The number of aryl methyl sites for hydroxylation is 1. The lowest BCUT2D eigenvalue weighted by molar-refractivity contribution is -0.121. The first-order valence-corrected chi connectivity index (χ1v) is 14.1. The van der Waals surface area contributed by atoms with Gasteiger partial charge in [0.1, 0.15) is 6.04 Å². The molecular formula is C26H36N6O4S. The molecule has 11 heteroatoms. The van der Waals surface area contributed by atoms with Crippen molar-refractivity contribution in [1.29, 1.82) is 0 Å². The quantitative estimate of drug-likeness (QED) is 0.438. The van der Waals surface area contributed by atoms with Gasteiger partial charge in [-0.25, -0.2) is 4.79 Å². The summed E-state index contributed by atoms with van der Waals surface area (Å²) in [6.07, 6.45) is 1.79. The van der Waals surface area contributed by atoms with E-state index in [1.807, 2.05) is 37.3 Å². The van der Waals surface area contributed by atoms with Gasteiger partial charge in [-0.05, 0) is 37.6 Å². The highest BCUT2D eigenvalue weighted by Gasteiger charge is 2.41. The first-order chi connectivity index (χ1) is 17.7. The summed E-state index contributed by atoms with van der Waals surface area (Å²) in [5, 5.41) is 7.87. The van der Waals surface area contributed by atoms with Crippen LogP contribution in [0.1, 0.15) is 26.7 Å². The van der Waals surface area contributed by atoms with Crippen LogP contribution >= 0.6 is 0 Å². The number of para-hydroxylation sites is 1. The number of nitrogens with zero attached hydrogens (tertiary/aromatic N) is 4. The molecule has 0 saturated carbocycles. The minimum Gasteiger partial charge on any atom is -0.341 e. The molecule has 0 spiro atoms. The van der Waals surface area contributed by atoms with E-state index in [0.29, 0.717) is 12.2 Å². The summed E-state index contributed by atoms with van der Waals surface area (Å²) in [4.78, 5) is 27.7. The number of aromatic nitrogens is 1. The number of amides is 3. The van der Waals surface area contributed by atoms with Crippen molar-refractivity contribution in [3.8, 4) is 0 Å². The van der Waals surface area contributed by atoms with Gasteiger partial charge in [0.15, 0.2) is 0 Å². The smallest absolute Gasteiger partial charge is 0.317 e. The van der Waals surface area contributed by atoms with Crippen molar-refractivity contribution in [2.24, 2.45) is 0 Å². The fourth-order valence-electron chi connectivity index (χ4n) is 4.83. The number of rotatable bonds is 8. The highest BCUT2D eigenvalue weighted by Crippen LogP contribution is 2.31. The Morgan fingerprint density at radius 3 is 2.46 bits per heavy atom. The second kappa shape index (κ2) is 11.1. The average molecular weight is 529 g/mol. The number of hydrogen-bond donors (Lipinski definition) is 2. The molecule has 0 bridgehead atoms. The number of unbranched alkanes of at least 4 members (excludes halogenated alkanes) is 1. The van der Waals surface area contributed by atoms with Gasteiger partial charge < -0.3 is 20.1 Å². The molecule has 37 heavy (non-hydrogen) atoms. The molecular weight excluding hydrogens is 492 g/mol. The standard InChI is InChI=1S/C26H36N6O4S/c1-5-7-14-27-26(34)30-15-16-32(37(35,36)29(3)4)24(18-30)25(33)28-19-12-13-23-21(17-19)20-10-8-9-11-22(20)31(23)6-2/h8-13,17,24H,5-7,14-16,18H2,1-4H3,(H,27,34)(H,28,33). The fourth-order valence-corrected chi connectivity index (χ4v) is 6.05.